The average molecular weight is 420 g/mol. The van der Waals surface area contributed by atoms with Crippen LogP contribution in [0.15, 0.2) is 53.1 Å². The molecule has 0 aliphatic rings. The minimum Gasteiger partial charge on any atom is -0.493 e. The Morgan fingerprint density at radius 3 is 2.55 bits per heavy atom. The Morgan fingerprint density at radius 2 is 1.81 bits per heavy atom. The van der Waals surface area contributed by atoms with E-state index in [9.17, 15) is 4.79 Å². The lowest BCUT2D eigenvalue weighted by atomic mass is 10.1. The maximum absolute atomic E-state index is 12.5. The van der Waals surface area contributed by atoms with Gasteiger partial charge in [-0.15, -0.1) is 0 Å². The second kappa shape index (κ2) is 8.70. The van der Waals surface area contributed by atoms with Crippen LogP contribution in [-0.2, 0) is 4.79 Å². The van der Waals surface area contributed by atoms with Gasteiger partial charge in [-0.2, -0.15) is 9.97 Å². The number of carbonyl (C=O) groups is 1. The van der Waals surface area contributed by atoms with Crippen molar-refractivity contribution in [2.45, 2.75) is 6.92 Å². The fraction of sp³-hybridized carbons (Fsp3) is 0.182. The van der Waals surface area contributed by atoms with E-state index in [1.54, 1.807) is 32.2 Å². The molecule has 0 saturated heterocycles. The highest BCUT2D eigenvalue weighted by molar-refractivity contribution is 5.95. The first-order valence-corrected chi connectivity index (χ1v) is 9.43. The third-order valence-corrected chi connectivity index (χ3v) is 4.47. The molecule has 31 heavy (non-hydrogen) atoms. The number of hydrogen-bond acceptors (Lipinski definition) is 8. The highest BCUT2D eigenvalue weighted by Crippen LogP contribution is 2.33. The quantitative estimate of drug-likeness (QED) is 0.483. The Hall–Kier alpha value is -4.14. The van der Waals surface area contributed by atoms with E-state index in [1.807, 2.05) is 30.3 Å². The Morgan fingerprint density at radius 1 is 1.03 bits per heavy atom. The summed E-state index contributed by atoms with van der Waals surface area (Å²) in [5.41, 5.74) is 2.21. The third-order valence-electron chi connectivity index (χ3n) is 4.47. The number of aromatic nitrogens is 3. The van der Waals surface area contributed by atoms with Gasteiger partial charge in [-0.25, -0.2) is 0 Å². The first kappa shape index (κ1) is 20.1. The van der Waals surface area contributed by atoms with E-state index in [4.69, 9.17) is 18.7 Å². The Balaban J connectivity index is 1.55. The normalized spacial score (nSPS) is 10.7. The van der Waals surface area contributed by atoms with Crippen molar-refractivity contribution in [2.24, 2.45) is 0 Å². The standard InChI is InChI=1S/C22H20N4O5/c1-13-23-21(19-20(26-31-22(19)24-13)14-7-5-4-6-8-14)30-12-18(27)25-15-9-10-16(28-2)17(11-15)29-3/h4-11H,12H2,1-3H3,(H,25,27). The van der Waals surface area contributed by atoms with Crippen molar-refractivity contribution < 1.29 is 23.5 Å². The van der Waals surface area contributed by atoms with Crippen molar-refractivity contribution in [3.05, 3.63) is 54.4 Å². The smallest absolute Gasteiger partial charge is 0.265 e. The highest BCUT2D eigenvalue weighted by atomic mass is 16.5. The van der Waals surface area contributed by atoms with Crippen LogP contribution < -0.4 is 19.5 Å². The summed E-state index contributed by atoms with van der Waals surface area (Å²) < 4.78 is 21.6. The van der Waals surface area contributed by atoms with Crippen LogP contribution in [0.2, 0.25) is 0 Å². The molecule has 0 unspecified atom stereocenters. The summed E-state index contributed by atoms with van der Waals surface area (Å²) in [6, 6.07) is 14.6. The van der Waals surface area contributed by atoms with Gasteiger partial charge in [-0.05, 0) is 19.1 Å². The lowest BCUT2D eigenvalue weighted by molar-refractivity contribution is -0.118. The van der Waals surface area contributed by atoms with E-state index >= 15 is 0 Å². The van der Waals surface area contributed by atoms with Gasteiger partial charge in [-0.1, -0.05) is 35.5 Å². The summed E-state index contributed by atoms with van der Waals surface area (Å²) in [6.45, 7) is 1.44. The minimum atomic E-state index is -0.366. The summed E-state index contributed by atoms with van der Waals surface area (Å²) in [7, 11) is 3.07. The minimum absolute atomic E-state index is 0.227. The number of carbonyl (C=O) groups excluding carboxylic acids is 1. The van der Waals surface area contributed by atoms with Gasteiger partial charge in [0.2, 0.25) is 5.88 Å². The number of rotatable bonds is 7. The molecule has 0 atom stereocenters. The van der Waals surface area contributed by atoms with Gasteiger partial charge in [0.15, 0.2) is 18.1 Å². The number of ether oxygens (including phenoxy) is 3. The molecule has 4 aromatic rings. The number of hydrogen-bond donors (Lipinski definition) is 1. The van der Waals surface area contributed by atoms with Crippen LogP contribution in [0.1, 0.15) is 5.82 Å². The number of aryl methyl sites for hydroxylation is 1. The van der Waals surface area contributed by atoms with Gasteiger partial charge in [0.05, 0.1) is 14.2 Å². The van der Waals surface area contributed by atoms with Crippen LogP contribution in [0.3, 0.4) is 0 Å². The molecule has 4 rings (SSSR count). The molecule has 0 bridgehead atoms. The predicted octanol–water partition coefficient (Wildman–Crippen LogP) is 3.63. The number of benzene rings is 2. The third kappa shape index (κ3) is 4.25. The zero-order valence-corrected chi connectivity index (χ0v) is 17.2. The van der Waals surface area contributed by atoms with Crippen LogP contribution >= 0.6 is 0 Å². The summed E-state index contributed by atoms with van der Waals surface area (Å²) in [5.74, 6) is 1.38. The van der Waals surface area contributed by atoms with Crippen molar-refractivity contribution in [2.75, 3.05) is 26.1 Å². The molecule has 2 aromatic heterocycles. The van der Waals surface area contributed by atoms with Crippen LogP contribution in [0.5, 0.6) is 17.4 Å². The Labute approximate surface area is 178 Å². The summed E-state index contributed by atoms with van der Waals surface area (Å²) in [5, 5.41) is 7.38. The first-order valence-electron chi connectivity index (χ1n) is 9.43. The molecule has 0 radical (unpaired) electrons. The van der Waals surface area contributed by atoms with Gasteiger partial charge in [0.25, 0.3) is 11.6 Å². The largest absolute Gasteiger partial charge is 0.493 e. The fourth-order valence-corrected chi connectivity index (χ4v) is 3.07. The van der Waals surface area contributed by atoms with E-state index in [0.717, 1.165) is 5.56 Å². The van der Waals surface area contributed by atoms with Gasteiger partial charge in [0.1, 0.15) is 16.9 Å². The van der Waals surface area contributed by atoms with Crippen LogP contribution in [0.25, 0.3) is 22.4 Å². The average Bonchev–Trinajstić information content (AvgIpc) is 3.21. The summed E-state index contributed by atoms with van der Waals surface area (Å²) >= 11 is 0. The molecular formula is C22H20N4O5. The molecule has 0 aliphatic heterocycles. The zero-order valence-electron chi connectivity index (χ0n) is 17.2. The molecule has 0 fully saturated rings. The first-order chi connectivity index (χ1) is 15.1. The Kier molecular flexibility index (Phi) is 5.65. The summed E-state index contributed by atoms with van der Waals surface area (Å²) in [6.07, 6.45) is 0. The predicted molar refractivity (Wildman–Crippen MR) is 113 cm³/mol. The highest BCUT2D eigenvalue weighted by Gasteiger charge is 2.20. The van der Waals surface area contributed by atoms with Crippen molar-refractivity contribution in [3.8, 4) is 28.6 Å². The van der Waals surface area contributed by atoms with Crippen molar-refractivity contribution in [3.63, 3.8) is 0 Å². The second-order valence-corrected chi connectivity index (χ2v) is 6.56. The van der Waals surface area contributed by atoms with Crippen molar-refractivity contribution in [1.82, 2.24) is 15.1 Å². The molecular weight excluding hydrogens is 400 g/mol. The van der Waals surface area contributed by atoms with E-state index < -0.39 is 0 Å². The summed E-state index contributed by atoms with van der Waals surface area (Å²) in [4.78, 5) is 21.1. The molecule has 9 heteroatoms. The van der Waals surface area contributed by atoms with Crippen LogP contribution in [0, 0.1) is 6.92 Å². The van der Waals surface area contributed by atoms with E-state index in [-0.39, 0.29) is 18.4 Å². The fourth-order valence-electron chi connectivity index (χ4n) is 3.07. The molecule has 0 saturated carbocycles. The zero-order chi connectivity index (χ0) is 21.8. The molecule has 1 amide bonds. The second-order valence-electron chi connectivity index (χ2n) is 6.56. The monoisotopic (exact) mass is 420 g/mol. The maximum atomic E-state index is 12.5. The number of amides is 1. The maximum Gasteiger partial charge on any atom is 0.265 e. The van der Waals surface area contributed by atoms with E-state index in [1.165, 1.54) is 7.11 Å². The topological polar surface area (TPSA) is 109 Å². The SMILES string of the molecule is COc1ccc(NC(=O)COc2nc(C)nc3onc(-c4ccccc4)c23)cc1OC. The van der Waals surface area contributed by atoms with Crippen LogP contribution in [0.4, 0.5) is 5.69 Å². The van der Waals surface area contributed by atoms with Crippen molar-refractivity contribution in [1.29, 1.82) is 0 Å². The lowest BCUT2D eigenvalue weighted by Crippen LogP contribution is -2.20. The van der Waals surface area contributed by atoms with Crippen LogP contribution in [-0.4, -0.2) is 41.9 Å². The number of fused-ring (bicyclic) bond motifs is 1. The molecule has 2 aromatic carbocycles. The molecule has 2 heterocycles. The van der Waals surface area contributed by atoms with Gasteiger partial charge in [0, 0.05) is 17.3 Å². The number of nitrogens with zero attached hydrogens (tertiary/aromatic N) is 3. The number of methoxy groups -OCH3 is 2. The molecule has 0 spiro atoms. The number of nitrogens with one attached hydrogen (secondary N) is 1. The molecule has 0 aliphatic carbocycles. The Bertz CT molecular complexity index is 1220. The van der Waals surface area contributed by atoms with E-state index in [2.05, 4.69) is 20.4 Å². The van der Waals surface area contributed by atoms with Gasteiger partial charge < -0.3 is 24.1 Å². The number of anilines is 1. The van der Waals surface area contributed by atoms with Crippen molar-refractivity contribution >= 4 is 22.7 Å². The molecule has 158 valence electrons. The molecule has 9 nitrogen and oxygen atoms in total. The van der Waals surface area contributed by atoms with Gasteiger partial charge in [-0.3, -0.25) is 4.79 Å². The lowest BCUT2D eigenvalue weighted by Gasteiger charge is -2.11. The van der Waals surface area contributed by atoms with Gasteiger partial charge >= 0.3 is 0 Å². The molecule has 1 N–H and O–H groups in total. The van der Waals surface area contributed by atoms with E-state index in [0.29, 0.717) is 39.8 Å².